The number of likely N-dealkylation sites (tertiary alicyclic amines) is 1. The number of carbonyl (C=O) groups excluding carboxylic acids is 1. The van der Waals surface area contributed by atoms with E-state index in [1.54, 1.807) is 29.2 Å². The maximum absolute atomic E-state index is 13.4. The van der Waals surface area contributed by atoms with Crippen LogP contribution in [0.3, 0.4) is 0 Å². The minimum atomic E-state index is -4.38. The maximum Gasteiger partial charge on any atom is 0.431 e. The molecule has 1 amide bonds. The minimum Gasteiger partial charge on any atom is -0.457 e. The summed E-state index contributed by atoms with van der Waals surface area (Å²) in [4.78, 5) is 15.1. The third-order valence-electron chi connectivity index (χ3n) is 6.55. The van der Waals surface area contributed by atoms with Gasteiger partial charge in [-0.1, -0.05) is 30.3 Å². The molecule has 1 aromatic heterocycles. The Morgan fingerprint density at radius 3 is 2.36 bits per heavy atom. The quantitative estimate of drug-likeness (QED) is 0.582. The van der Waals surface area contributed by atoms with Gasteiger partial charge in [0.1, 0.15) is 17.2 Å². The number of fused-ring (bicyclic) bond motifs is 2. The van der Waals surface area contributed by atoms with Crippen molar-refractivity contribution in [2.24, 2.45) is 0 Å². The monoisotopic (exact) mass is 457 g/mol. The number of hydrogen-bond donors (Lipinski definition) is 1. The van der Waals surface area contributed by atoms with Gasteiger partial charge in [-0.3, -0.25) is 4.79 Å². The van der Waals surface area contributed by atoms with Crippen molar-refractivity contribution in [1.29, 1.82) is 0 Å². The van der Waals surface area contributed by atoms with Crippen LogP contribution in [0.5, 0.6) is 11.5 Å². The van der Waals surface area contributed by atoms with E-state index >= 15 is 0 Å². The zero-order valence-electron chi connectivity index (χ0n) is 17.9. The Labute approximate surface area is 191 Å². The molecule has 5 rings (SSSR count). The van der Waals surface area contributed by atoms with Crippen LogP contribution in [0, 0.1) is 0 Å². The molecular weight excluding hydrogens is 431 g/mol. The zero-order valence-corrected chi connectivity index (χ0v) is 17.9. The average molecular weight is 457 g/mol. The number of benzene rings is 2. The van der Waals surface area contributed by atoms with Crippen LogP contribution in [-0.4, -0.2) is 35.0 Å². The first-order valence-electron chi connectivity index (χ1n) is 11.0. The second-order valence-corrected chi connectivity index (χ2v) is 8.47. The van der Waals surface area contributed by atoms with E-state index in [-0.39, 0.29) is 13.9 Å². The number of aromatic nitrogens is 1. The SMILES string of the molecule is O=C(c1ccccc1Oc1ccccc1)N1CCC2(CC1)NCCn1c(C(F)(F)F)ccc12.[HH]. The smallest absolute Gasteiger partial charge is 0.431 e. The number of alkyl halides is 3. The van der Waals surface area contributed by atoms with Gasteiger partial charge < -0.3 is 19.5 Å². The molecule has 1 fully saturated rings. The second-order valence-electron chi connectivity index (χ2n) is 8.47. The normalized spacial score (nSPS) is 17.6. The van der Waals surface area contributed by atoms with Crippen LogP contribution in [0.25, 0.3) is 0 Å². The molecule has 1 saturated heterocycles. The largest absolute Gasteiger partial charge is 0.457 e. The van der Waals surface area contributed by atoms with Gasteiger partial charge in [-0.15, -0.1) is 0 Å². The lowest BCUT2D eigenvalue weighted by Crippen LogP contribution is -2.56. The molecule has 174 valence electrons. The van der Waals surface area contributed by atoms with E-state index in [0.717, 1.165) is 0 Å². The summed E-state index contributed by atoms with van der Waals surface area (Å²) in [7, 11) is 0. The third-order valence-corrected chi connectivity index (χ3v) is 6.55. The third kappa shape index (κ3) is 3.99. The molecule has 5 nitrogen and oxygen atoms in total. The number of nitrogens with zero attached hydrogens (tertiary/aromatic N) is 2. The standard InChI is InChI=1S/C25H24F3N3O2.H2/c26-25(27,28)22-11-10-21-24(29-14-17-31(21)22)12-15-30(16-13-24)23(32)19-8-4-5-9-20(19)33-18-6-2-1-3-7-18;/h1-11,29H,12-17H2;1H. The highest BCUT2D eigenvalue weighted by molar-refractivity contribution is 5.97. The van der Waals surface area contributed by atoms with Crippen LogP contribution < -0.4 is 10.1 Å². The summed E-state index contributed by atoms with van der Waals surface area (Å²) in [6.45, 7) is 1.63. The van der Waals surface area contributed by atoms with Gasteiger partial charge in [-0.2, -0.15) is 13.2 Å². The van der Waals surface area contributed by atoms with Crippen LogP contribution in [0.4, 0.5) is 13.2 Å². The molecule has 0 bridgehead atoms. The molecule has 0 atom stereocenters. The first-order valence-corrected chi connectivity index (χ1v) is 11.0. The summed E-state index contributed by atoms with van der Waals surface area (Å²) < 4.78 is 47.6. The highest BCUT2D eigenvalue weighted by Crippen LogP contribution is 2.40. The fourth-order valence-corrected chi connectivity index (χ4v) is 4.91. The van der Waals surface area contributed by atoms with E-state index in [1.165, 1.54) is 10.6 Å². The first kappa shape index (κ1) is 21.6. The predicted octanol–water partition coefficient (Wildman–Crippen LogP) is 5.28. The van der Waals surface area contributed by atoms with Crippen molar-refractivity contribution in [2.45, 2.75) is 31.1 Å². The fraction of sp³-hybridized carbons (Fsp3) is 0.320. The van der Waals surface area contributed by atoms with E-state index in [4.69, 9.17) is 4.74 Å². The van der Waals surface area contributed by atoms with Gasteiger partial charge in [0.25, 0.3) is 5.91 Å². The lowest BCUT2D eigenvalue weighted by molar-refractivity contribution is -0.144. The Hall–Kier alpha value is -3.26. The van der Waals surface area contributed by atoms with Gasteiger partial charge in [0.15, 0.2) is 0 Å². The summed E-state index contributed by atoms with van der Waals surface area (Å²) >= 11 is 0. The topological polar surface area (TPSA) is 46.5 Å². The van der Waals surface area contributed by atoms with Crippen LogP contribution in [-0.2, 0) is 18.3 Å². The fourth-order valence-electron chi connectivity index (χ4n) is 4.91. The number of carbonyl (C=O) groups is 1. The number of amides is 1. The molecule has 0 saturated carbocycles. The molecule has 2 aliphatic rings. The van der Waals surface area contributed by atoms with Crippen molar-refractivity contribution in [1.82, 2.24) is 14.8 Å². The maximum atomic E-state index is 13.4. The summed E-state index contributed by atoms with van der Waals surface area (Å²) in [5.74, 6) is 0.981. The number of nitrogens with one attached hydrogen (secondary N) is 1. The van der Waals surface area contributed by atoms with Crippen LogP contribution in [0.2, 0.25) is 0 Å². The van der Waals surface area contributed by atoms with E-state index in [9.17, 15) is 18.0 Å². The van der Waals surface area contributed by atoms with Gasteiger partial charge >= 0.3 is 6.18 Å². The lowest BCUT2D eigenvalue weighted by Gasteiger charge is -2.45. The second kappa shape index (κ2) is 8.26. The Bertz CT molecular complexity index is 1160. The van der Waals surface area contributed by atoms with Gasteiger partial charge in [-0.25, -0.2) is 0 Å². The van der Waals surface area contributed by atoms with Crippen LogP contribution >= 0.6 is 0 Å². The number of para-hydroxylation sites is 2. The number of halogens is 3. The molecule has 1 N–H and O–H groups in total. The molecule has 3 heterocycles. The highest BCUT2D eigenvalue weighted by atomic mass is 19.4. The molecule has 0 aliphatic carbocycles. The minimum absolute atomic E-state index is 0. The van der Waals surface area contributed by atoms with Crippen molar-refractivity contribution in [3.63, 3.8) is 0 Å². The molecule has 0 unspecified atom stereocenters. The summed E-state index contributed by atoms with van der Waals surface area (Å²) in [6, 6.07) is 19.1. The molecule has 8 heteroatoms. The molecule has 3 aromatic rings. The number of ether oxygens (including phenoxy) is 1. The molecular formula is C25H26F3N3O2. The highest BCUT2D eigenvalue weighted by Gasteiger charge is 2.44. The Balaban J connectivity index is 0.00000274. The van der Waals surface area contributed by atoms with Crippen molar-refractivity contribution in [3.05, 3.63) is 83.7 Å². The number of piperidine rings is 1. The van der Waals surface area contributed by atoms with E-state index < -0.39 is 17.4 Å². The lowest BCUT2D eigenvalue weighted by atomic mass is 9.83. The summed E-state index contributed by atoms with van der Waals surface area (Å²) in [5, 5.41) is 3.45. The zero-order chi connectivity index (χ0) is 23.1. The predicted molar refractivity (Wildman–Crippen MR) is 119 cm³/mol. The molecule has 1 spiro atoms. The molecule has 2 aromatic carbocycles. The molecule has 2 aliphatic heterocycles. The van der Waals surface area contributed by atoms with Crippen LogP contribution in [0.1, 0.15) is 36.0 Å². The number of rotatable bonds is 3. The van der Waals surface area contributed by atoms with Gasteiger partial charge in [-0.05, 0) is 49.2 Å². The average Bonchev–Trinajstić information content (AvgIpc) is 3.27. The van der Waals surface area contributed by atoms with Crippen molar-refractivity contribution >= 4 is 5.91 Å². The Morgan fingerprint density at radius 2 is 1.64 bits per heavy atom. The van der Waals surface area contributed by atoms with Crippen molar-refractivity contribution < 1.29 is 24.1 Å². The first-order chi connectivity index (χ1) is 15.9. The van der Waals surface area contributed by atoms with Gasteiger partial charge in [0, 0.05) is 33.3 Å². The Kier molecular flexibility index (Phi) is 5.40. The van der Waals surface area contributed by atoms with E-state index in [0.29, 0.717) is 55.2 Å². The van der Waals surface area contributed by atoms with Crippen molar-refractivity contribution in [2.75, 3.05) is 19.6 Å². The summed E-state index contributed by atoms with van der Waals surface area (Å²) in [6.07, 6.45) is -3.29. The van der Waals surface area contributed by atoms with E-state index in [1.807, 2.05) is 36.4 Å². The molecule has 33 heavy (non-hydrogen) atoms. The summed E-state index contributed by atoms with van der Waals surface area (Å²) in [5.41, 5.74) is -0.0417. The van der Waals surface area contributed by atoms with Gasteiger partial charge in [0.2, 0.25) is 0 Å². The van der Waals surface area contributed by atoms with Crippen molar-refractivity contribution in [3.8, 4) is 11.5 Å². The van der Waals surface area contributed by atoms with E-state index in [2.05, 4.69) is 5.32 Å². The Morgan fingerprint density at radius 1 is 0.939 bits per heavy atom. The number of hydrogen-bond acceptors (Lipinski definition) is 3. The van der Waals surface area contributed by atoms with Crippen LogP contribution in [0.15, 0.2) is 66.7 Å². The molecule has 0 radical (unpaired) electrons. The van der Waals surface area contributed by atoms with Gasteiger partial charge in [0.05, 0.1) is 11.1 Å².